The normalized spacial score (nSPS) is 22.3. The van der Waals surface area contributed by atoms with Crippen LogP contribution >= 0.6 is 11.3 Å². The number of hydrogen-bond acceptors (Lipinski definition) is 4. The van der Waals surface area contributed by atoms with Gasteiger partial charge in [-0.3, -0.25) is 9.59 Å². The van der Waals surface area contributed by atoms with Crippen LogP contribution in [0.25, 0.3) is 0 Å². The SMILES string of the molecule is COCCN1C(=O)c2ccccc2[C@@H](C(=O)NC2CCCC2)[C@@H]1c1cccs1. The predicted molar refractivity (Wildman–Crippen MR) is 110 cm³/mol. The van der Waals surface area contributed by atoms with E-state index in [9.17, 15) is 9.59 Å². The fourth-order valence-corrected chi connectivity index (χ4v) is 5.32. The number of benzene rings is 1. The summed E-state index contributed by atoms with van der Waals surface area (Å²) >= 11 is 1.59. The maximum atomic E-state index is 13.5. The molecule has 6 heteroatoms. The highest BCUT2D eigenvalue weighted by atomic mass is 32.1. The first-order valence-electron chi connectivity index (χ1n) is 9.93. The van der Waals surface area contributed by atoms with Crippen LogP contribution in [0.15, 0.2) is 41.8 Å². The van der Waals surface area contributed by atoms with E-state index in [4.69, 9.17) is 4.74 Å². The Labute approximate surface area is 169 Å². The third-order valence-electron chi connectivity index (χ3n) is 5.79. The lowest BCUT2D eigenvalue weighted by atomic mass is 9.81. The van der Waals surface area contributed by atoms with E-state index in [-0.39, 0.29) is 23.9 Å². The fraction of sp³-hybridized carbons (Fsp3) is 0.455. The van der Waals surface area contributed by atoms with Crippen molar-refractivity contribution in [1.29, 1.82) is 0 Å². The van der Waals surface area contributed by atoms with Crippen LogP contribution in [0.4, 0.5) is 0 Å². The monoisotopic (exact) mass is 398 g/mol. The molecule has 2 aromatic rings. The maximum Gasteiger partial charge on any atom is 0.254 e. The van der Waals surface area contributed by atoms with Crippen LogP contribution in [0.1, 0.15) is 58.4 Å². The van der Waals surface area contributed by atoms with Crippen molar-refractivity contribution in [1.82, 2.24) is 10.2 Å². The average Bonchev–Trinajstić information content (AvgIpc) is 3.41. The molecule has 2 atom stereocenters. The Balaban J connectivity index is 1.76. The highest BCUT2D eigenvalue weighted by Crippen LogP contribution is 2.44. The van der Waals surface area contributed by atoms with Gasteiger partial charge < -0.3 is 15.0 Å². The summed E-state index contributed by atoms with van der Waals surface area (Å²) in [4.78, 5) is 29.6. The molecule has 0 saturated heterocycles. The molecule has 4 rings (SSSR count). The molecule has 1 aliphatic heterocycles. The molecule has 2 aliphatic rings. The first-order chi connectivity index (χ1) is 13.7. The molecule has 0 bridgehead atoms. The van der Waals surface area contributed by atoms with Gasteiger partial charge in [-0.05, 0) is 35.9 Å². The van der Waals surface area contributed by atoms with Crippen LogP contribution in [0, 0.1) is 0 Å². The van der Waals surface area contributed by atoms with E-state index in [2.05, 4.69) is 5.32 Å². The molecule has 28 heavy (non-hydrogen) atoms. The van der Waals surface area contributed by atoms with E-state index in [1.807, 2.05) is 46.7 Å². The molecule has 0 unspecified atom stereocenters. The Hall–Kier alpha value is -2.18. The van der Waals surface area contributed by atoms with Crippen LogP contribution in [-0.4, -0.2) is 43.0 Å². The lowest BCUT2D eigenvalue weighted by molar-refractivity contribution is -0.125. The van der Waals surface area contributed by atoms with Gasteiger partial charge in [0.15, 0.2) is 0 Å². The molecule has 0 spiro atoms. The molecule has 1 N–H and O–H groups in total. The number of nitrogens with one attached hydrogen (secondary N) is 1. The molecule has 1 fully saturated rings. The molecule has 1 saturated carbocycles. The van der Waals surface area contributed by atoms with E-state index >= 15 is 0 Å². The third kappa shape index (κ3) is 3.59. The van der Waals surface area contributed by atoms with Gasteiger partial charge in [0.2, 0.25) is 5.91 Å². The van der Waals surface area contributed by atoms with Crippen molar-refractivity contribution in [3.63, 3.8) is 0 Å². The van der Waals surface area contributed by atoms with Gasteiger partial charge in [0.25, 0.3) is 5.91 Å². The summed E-state index contributed by atoms with van der Waals surface area (Å²) in [5.74, 6) is -0.423. The van der Waals surface area contributed by atoms with Crippen molar-refractivity contribution >= 4 is 23.2 Å². The smallest absolute Gasteiger partial charge is 0.254 e. The van der Waals surface area contributed by atoms with E-state index in [0.29, 0.717) is 18.7 Å². The summed E-state index contributed by atoms with van der Waals surface area (Å²) in [5, 5.41) is 5.27. The molecule has 2 amide bonds. The predicted octanol–water partition coefficient (Wildman–Crippen LogP) is 3.73. The molecule has 1 aromatic heterocycles. The fourth-order valence-electron chi connectivity index (χ4n) is 4.45. The summed E-state index contributed by atoms with van der Waals surface area (Å²) in [6, 6.07) is 11.5. The first kappa shape index (κ1) is 19.2. The second-order valence-corrected chi connectivity index (χ2v) is 8.49. The molecule has 1 aliphatic carbocycles. The topological polar surface area (TPSA) is 58.6 Å². The van der Waals surface area contributed by atoms with Crippen molar-refractivity contribution in [2.75, 3.05) is 20.3 Å². The number of carbonyl (C=O) groups is 2. The molecule has 148 valence electrons. The molecule has 0 radical (unpaired) electrons. The number of methoxy groups -OCH3 is 1. The first-order valence-corrected chi connectivity index (χ1v) is 10.8. The summed E-state index contributed by atoms with van der Waals surface area (Å²) in [5.41, 5.74) is 1.45. The van der Waals surface area contributed by atoms with Crippen LogP contribution < -0.4 is 5.32 Å². The number of ether oxygens (including phenoxy) is 1. The zero-order valence-corrected chi connectivity index (χ0v) is 16.9. The Bertz CT molecular complexity index is 830. The highest BCUT2D eigenvalue weighted by Gasteiger charge is 2.44. The van der Waals surface area contributed by atoms with Crippen LogP contribution in [0.2, 0.25) is 0 Å². The van der Waals surface area contributed by atoms with Crippen molar-refractivity contribution in [3.8, 4) is 0 Å². The van der Waals surface area contributed by atoms with Crippen molar-refractivity contribution < 1.29 is 14.3 Å². The highest BCUT2D eigenvalue weighted by molar-refractivity contribution is 7.10. The maximum absolute atomic E-state index is 13.5. The number of nitrogens with zero attached hydrogens (tertiary/aromatic N) is 1. The minimum atomic E-state index is -0.412. The minimum absolute atomic E-state index is 0.0210. The Morgan fingerprint density at radius 1 is 1.21 bits per heavy atom. The van der Waals surface area contributed by atoms with Gasteiger partial charge in [-0.25, -0.2) is 0 Å². The van der Waals surface area contributed by atoms with Crippen molar-refractivity contribution in [3.05, 3.63) is 57.8 Å². The zero-order valence-electron chi connectivity index (χ0n) is 16.1. The van der Waals surface area contributed by atoms with Gasteiger partial charge in [-0.1, -0.05) is 37.1 Å². The van der Waals surface area contributed by atoms with Gasteiger partial charge in [-0.15, -0.1) is 11.3 Å². The van der Waals surface area contributed by atoms with Gasteiger partial charge >= 0.3 is 0 Å². The number of rotatable bonds is 6. The minimum Gasteiger partial charge on any atom is -0.383 e. The zero-order chi connectivity index (χ0) is 19.5. The van der Waals surface area contributed by atoms with Gasteiger partial charge in [0, 0.05) is 30.1 Å². The quantitative estimate of drug-likeness (QED) is 0.807. The second-order valence-electron chi connectivity index (χ2n) is 7.51. The van der Waals surface area contributed by atoms with Gasteiger partial charge in [-0.2, -0.15) is 0 Å². The summed E-state index contributed by atoms with van der Waals surface area (Å²) < 4.78 is 5.26. The van der Waals surface area contributed by atoms with Crippen LogP contribution in [0.3, 0.4) is 0 Å². The Morgan fingerprint density at radius 3 is 2.71 bits per heavy atom. The summed E-state index contributed by atoms with van der Waals surface area (Å²) in [6.45, 7) is 0.895. The number of carbonyl (C=O) groups excluding carboxylic acids is 2. The van der Waals surface area contributed by atoms with E-state index in [1.54, 1.807) is 18.4 Å². The van der Waals surface area contributed by atoms with Gasteiger partial charge in [0.1, 0.15) is 0 Å². The van der Waals surface area contributed by atoms with E-state index < -0.39 is 5.92 Å². The van der Waals surface area contributed by atoms with Crippen molar-refractivity contribution in [2.45, 2.75) is 43.7 Å². The Morgan fingerprint density at radius 2 is 2.00 bits per heavy atom. The molecule has 1 aromatic carbocycles. The molecular formula is C22H26N2O3S. The molecule has 5 nitrogen and oxygen atoms in total. The number of hydrogen-bond donors (Lipinski definition) is 1. The summed E-state index contributed by atoms with van der Waals surface area (Å²) in [6.07, 6.45) is 4.41. The summed E-state index contributed by atoms with van der Waals surface area (Å²) in [7, 11) is 1.63. The van der Waals surface area contributed by atoms with Crippen LogP contribution in [0.5, 0.6) is 0 Å². The Kier molecular flexibility index (Phi) is 5.78. The standard InChI is InChI=1S/C22H26N2O3S/c1-27-13-12-24-20(18-11-6-14-28-18)19(21(25)23-15-7-2-3-8-15)16-9-4-5-10-17(16)22(24)26/h4-6,9-11,14-15,19-20H,2-3,7-8,12-13H2,1H3,(H,23,25)/t19-,20+/m1/s1. The van der Waals surface area contributed by atoms with Crippen molar-refractivity contribution in [2.24, 2.45) is 0 Å². The van der Waals surface area contributed by atoms with Crippen LogP contribution in [-0.2, 0) is 9.53 Å². The number of amides is 2. The lowest BCUT2D eigenvalue weighted by Gasteiger charge is -2.41. The molecule has 2 heterocycles. The lowest BCUT2D eigenvalue weighted by Crippen LogP contribution is -2.49. The van der Waals surface area contributed by atoms with E-state index in [0.717, 1.165) is 23.3 Å². The third-order valence-corrected chi connectivity index (χ3v) is 6.74. The average molecular weight is 399 g/mol. The van der Waals surface area contributed by atoms with E-state index in [1.165, 1.54) is 12.8 Å². The second kappa shape index (κ2) is 8.45. The largest absolute Gasteiger partial charge is 0.383 e. The number of fused-ring (bicyclic) bond motifs is 1. The van der Waals surface area contributed by atoms with Gasteiger partial charge in [0.05, 0.1) is 18.6 Å². The molecular weight excluding hydrogens is 372 g/mol. The number of thiophene rings is 1.